The van der Waals surface area contributed by atoms with Crippen molar-refractivity contribution in [1.82, 2.24) is 15.3 Å². The second-order valence-corrected chi connectivity index (χ2v) is 7.35. The number of methoxy groups -OCH3 is 1. The molecule has 3 aromatic rings. The zero-order valence-corrected chi connectivity index (χ0v) is 16.6. The van der Waals surface area contributed by atoms with E-state index in [4.69, 9.17) is 9.72 Å². The Bertz CT molecular complexity index is 1020. The number of piperidine rings is 1. The number of ether oxygens (including phenoxy) is 1. The predicted molar refractivity (Wildman–Crippen MR) is 109 cm³/mol. The number of nitrogens with zero attached hydrogens (tertiary/aromatic N) is 3. The molecule has 29 heavy (non-hydrogen) atoms. The van der Waals surface area contributed by atoms with Crippen molar-refractivity contribution in [3.05, 3.63) is 59.3 Å². The van der Waals surface area contributed by atoms with Gasteiger partial charge in [0.1, 0.15) is 5.75 Å². The summed E-state index contributed by atoms with van der Waals surface area (Å²) in [6.45, 7) is 3.91. The number of nitrogens with one attached hydrogen (secondary N) is 1. The Labute approximate surface area is 168 Å². The Hall–Kier alpha value is -2.80. The van der Waals surface area contributed by atoms with Gasteiger partial charge in [-0.05, 0) is 38.0 Å². The number of aromatic nitrogens is 2. The number of halogens is 2. The van der Waals surface area contributed by atoms with E-state index in [2.05, 4.69) is 15.2 Å². The van der Waals surface area contributed by atoms with Gasteiger partial charge in [-0.25, -0.2) is 18.7 Å². The molecule has 152 valence electrons. The molecule has 1 aliphatic heterocycles. The number of aryl methyl sites for hydroxylation is 1. The quantitative estimate of drug-likeness (QED) is 0.705. The van der Waals surface area contributed by atoms with Crippen LogP contribution in [0.1, 0.15) is 24.1 Å². The molecule has 4 rings (SSSR count). The van der Waals surface area contributed by atoms with Crippen LogP contribution in [0.25, 0.3) is 10.9 Å². The molecular weight excluding hydrogens is 374 g/mol. The molecule has 5 nitrogen and oxygen atoms in total. The first-order valence-corrected chi connectivity index (χ1v) is 9.79. The zero-order valence-electron chi connectivity index (χ0n) is 16.6. The minimum atomic E-state index is -0.806. The molecule has 0 atom stereocenters. The normalized spacial score (nSPS) is 15.1. The number of fused-ring (bicyclic) bond motifs is 1. The monoisotopic (exact) mass is 398 g/mol. The molecule has 1 N–H and O–H groups in total. The van der Waals surface area contributed by atoms with Crippen molar-refractivity contribution < 1.29 is 13.5 Å². The average Bonchev–Trinajstić information content (AvgIpc) is 2.74. The summed E-state index contributed by atoms with van der Waals surface area (Å²) in [6.07, 6.45) is 1.77. The summed E-state index contributed by atoms with van der Waals surface area (Å²) in [5.41, 5.74) is 2.16. The van der Waals surface area contributed by atoms with Crippen molar-refractivity contribution in [1.29, 1.82) is 0 Å². The van der Waals surface area contributed by atoms with Gasteiger partial charge in [0, 0.05) is 42.7 Å². The third-order valence-electron chi connectivity index (χ3n) is 5.47. The minimum absolute atomic E-state index is 0.246. The Morgan fingerprint density at radius 2 is 1.93 bits per heavy atom. The van der Waals surface area contributed by atoms with Crippen LogP contribution in [0.5, 0.6) is 5.75 Å². The fourth-order valence-corrected chi connectivity index (χ4v) is 3.74. The van der Waals surface area contributed by atoms with E-state index in [9.17, 15) is 8.78 Å². The SMILES string of the molecule is COc1ccc2c(C)nc(N3CCC(NCc4cccc(F)c4F)CC3)nc2c1. The van der Waals surface area contributed by atoms with Gasteiger partial charge in [-0.3, -0.25) is 0 Å². The topological polar surface area (TPSA) is 50.3 Å². The number of hydrogen-bond acceptors (Lipinski definition) is 5. The molecule has 0 saturated carbocycles. The third-order valence-corrected chi connectivity index (χ3v) is 5.47. The van der Waals surface area contributed by atoms with Crippen molar-refractivity contribution in [2.24, 2.45) is 0 Å². The molecule has 1 aliphatic rings. The lowest BCUT2D eigenvalue weighted by Crippen LogP contribution is -2.43. The number of hydrogen-bond donors (Lipinski definition) is 1. The van der Waals surface area contributed by atoms with Crippen molar-refractivity contribution in [3.8, 4) is 5.75 Å². The summed E-state index contributed by atoms with van der Waals surface area (Å²) in [5.74, 6) is -0.0839. The van der Waals surface area contributed by atoms with Crippen LogP contribution < -0.4 is 15.0 Å². The van der Waals surface area contributed by atoms with E-state index in [0.29, 0.717) is 12.1 Å². The summed E-state index contributed by atoms with van der Waals surface area (Å²) < 4.78 is 32.5. The zero-order chi connectivity index (χ0) is 20.4. The first-order valence-electron chi connectivity index (χ1n) is 9.79. The average molecular weight is 398 g/mol. The minimum Gasteiger partial charge on any atom is -0.497 e. The van der Waals surface area contributed by atoms with Gasteiger partial charge >= 0.3 is 0 Å². The van der Waals surface area contributed by atoms with Crippen LogP contribution in [0.15, 0.2) is 36.4 Å². The van der Waals surface area contributed by atoms with Crippen molar-refractivity contribution in [2.75, 3.05) is 25.1 Å². The molecule has 0 bridgehead atoms. The first-order chi connectivity index (χ1) is 14.0. The standard InChI is InChI=1S/C22H24F2N4O/c1-14-18-7-6-17(29-2)12-20(18)27-22(26-14)28-10-8-16(9-11-28)25-13-15-4-3-5-19(23)21(15)24/h3-7,12,16,25H,8-11,13H2,1-2H3. The van der Waals surface area contributed by atoms with Crippen LogP contribution in [-0.2, 0) is 6.54 Å². The van der Waals surface area contributed by atoms with Gasteiger partial charge in [0.05, 0.1) is 18.3 Å². The van der Waals surface area contributed by atoms with Gasteiger partial charge in [0.2, 0.25) is 5.95 Å². The van der Waals surface area contributed by atoms with E-state index >= 15 is 0 Å². The Morgan fingerprint density at radius 3 is 2.69 bits per heavy atom. The van der Waals surface area contributed by atoms with Crippen molar-refractivity contribution in [3.63, 3.8) is 0 Å². The molecule has 0 unspecified atom stereocenters. The third kappa shape index (κ3) is 4.15. The van der Waals surface area contributed by atoms with Crippen molar-refractivity contribution in [2.45, 2.75) is 32.4 Å². The summed E-state index contributed by atoms with van der Waals surface area (Å²) in [6, 6.07) is 10.3. The Balaban J connectivity index is 1.41. The van der Waals surface area contributed by atoms with E-state index in [1.807, 2.05) is 25.1 Å². The highest BCUT2D eigenvalue weighted by molar-refractivity contribution is 5.83. The summed E-state index contributed by atoms with van der Waals surface area (Å²) >= 11 is 0. The highest BCUT2D eigenvalue weighted by Gasteiger charge is 2.22. The number of anilines is 1. The van der Waals surface area contributed by atoms with Crippen LogP contribution in [0.4, 0.5) is 14.7 Å². The fourth-order valence-electron chi connectivity index (χ4n) is 3.74. The Morgan fingerprint density at radius 1 is 1.14 bits per heavy atom. The number of benzene rings is 2. The Kier molecular flexibility index (Phi) is 5.58. The fraction of sp³-hybridized carbons (Fsp3) is 0.364. The number of rotatable bonds is 5. The molecule has 2 aromatic carbocycles. The van der Waals surface area contributed by atoms with Gasteiger partial charge < -0.3 is 15.0 Å². The van der Waals surface area contributed by atoms with E-state index < -0.39 is 11.6 Å². The van der Waals surface area contributed by atoms with Crippen LogP contribution in [0.2, 0.25) is 0 Å². The van der Waals surface area contributed by atoms with Gasteiger partial charge in [-0.1, -0.05) is 12.1 Å². The van der Waals surface area contributed by atoms with E-state index in [-0.39, 0.29) is 6.04 Å². The maximum atomic E-state index is 13.8. The molecule has 1 fully saturated rings. The lowest BCUT2D eigenvalue weighted by atomic mass is 10.0. The first kappa shape index (κ1) is 19.5. The molecule has 0 amide bonds. The van der Waals surface area contributed by atoms with E-state index in [1.165, 1.54) is 6.07 Å². The predicted octanol–water partition coefficient (Wildman–Crippen LogP) is 3.98. The highest BCUT2D eigenvalue weighted by Crippen LogP contribution is 2.25. The van der Waals surface area contributed by atoms with Gasteiger partial charge in [-0.2, -0.15) is 0 Å². The van der Waals surface area contributed by atoms with Gasteiger partial charge in [0.25, 0.3) is 0 Å². The molecular formula is C22H24F2N4O. The molecule has 7 heteroatoms. The van der Waals surface area contributed by atoms with E-state index in [0.717, 1.165) is 60.3 Å². The lowest BCUT2D eigenvalue weighted by Gasteiger charge is -2.32. The molecule has 0 spiro atoms. The maximum Gasteiger partial charge on any atom is 0.226 e. The van der Waals surface area contributed by atoms with Gasteiger partial charge in [-0.15, -0.1) is 0 Å². The maximum absolute atomic E-state index is 13.8. The largest absolute Gasteiger partial charge is 0.497 e. The van der Waals surface area contributed by atoms with Crippen LogP contribution in [0.3, 0.4) is 0 Å². The van der Waals surface area contributed by atoms with Crippen LogP contribution >= 0.6 is 0 Å². The van der Waals surface area contributed by atoms with Crippen LogP contribution in [-0.4, -0.2) is 36.2 Å². The summed E-state index contributed by atoms with van der Waals surface area (Å²) in [4.78, 5) is 11.6. The molecule has 0 aliphatic carbocycles. The van der Waals surface area contributed by atoms with Gasteiger partial charge in [0.15, 0.2) is 11.6 Å². The second kappa shape index (κ2) is 8.29. The summed E-state index contributed by atoms with van der Waals surface area (Å²) in [5, 5.41) is 4.36. The highest BCUT2D eigenvalue weighted by atomic mass is 19.2. The molecule has 2 heterocycles. The molecule has 0 radical (unpaired) electrons. The molecule has 1 aromatic heterocycles. The molecule has 1 saturated heterocycles. The van der Waals surface area contributed by atoms with Crippen molar-refractivity contribution >= 4 is 16.9 Å². The second-order valence-electron chi connectivity index (χ2n) is 7.35. The van der Waals surface area contributed by atoms with Crippen LogP contribution in [0, 0.1) is 18.6 Å². The van der Waals surface area contributed by atoms with E-state index in [1.54, 1.807) is 13.2 Å². The lowest BCUT2D eigenvalue weighted by molar-refractivity contribution is 0.404. The smallest absolute Gasteiger partial charge is 0.226 e. The summed E-state index contributed by atoms with van der Waals surface area (Å²) in [7, 11) is 1.64.